The van der Waals surface area contributed by atoms with E-state index in [9.17, 15) is 19.8 Å². The van der Waals surface area contributed by atoms with E-state index in [4.69, 9.17) is 19.3 Å². The number of carboxylic acids is 1. The third kappa shape index (κ3) is 3.26. The SMILES string of the molecule is COc1cn2cc(C(=O)OCC(O)CO)cc2c(OC)c1C(=O)O. The van der Waals surface area contributed by atoms with Crippen molar-refractivity contribution in [2.45, 2.75) is 6.10 Å². The summed E-state index contributed by atoms with van der Waals surface area (Å²) in [6.45, 7) is -0.889. The Hall–Kier alpha value is -2.78. The number of aromatic carboxylic acids is 1. The van der Waals surface area contributed by atoms with Crippen LogP contribution in [-0.4, -0.2) is 65.2 Å². The lowest BCUT2D eigenvalue weighted by molar-refractivity contribution is 0.00933. The Bertz CT molecular complexity index is 766. The molecule has 0 aliphatic heterocycles. The number of aliphatic hydroxyl groups excluding tert-OH is 2. The van der Waals surface area contributed by atoms with Crippen LogP contribution in [0.5, 0.6) is 11.5 Å². The maximum absolute atomic E-state index is 12.0. The van der Waals surface area contributed by atoms with E-state index in [0.29, 0.717) is 5.52 Å². The second-order valence-electron chi connectivity index (χ2n) is 4.87. The minimum Gasteiger partial charge on any atom is -0.494 e. The van der Waals surface area contributed by atoms with Crippen LogP contribution in [0.3, 0.4) is 0 Å². The van der Waals surface area contributed by atoms with E-state index in [1.807, 2.05) is 0 Å². The van der Waals surface area contributed by atoms with Gasteiger partial charge < -0.3 is 33.9 Å². The summed E-state index contributed by atoms with van der Waals surface area (Å²) >= 11 is 0. The summed E-state index contributed by atoms with van der Waals surface area (Å²) in [7, 11) is 2.63. The molecule has 1 unspecified atom stereocenters. The van der Waals surface area contributed by atoms with Crippen molar-refractivity contribution in [2.75, 3.05) is 27.4 Å². The highest BCUT2D eigenvalue weighted by Crippen LogP contribution is 2.34. The first-order chi connectivity index (χ1) is 11.4. The lowest BCUT2D eigenvalue weighted by atomic mass is 10.2. The number of pyridine rings is 1. The van der Waals surface area contributed by atoms with Crippen LogP contribution in [0.4, 0.5) is 0 Å². The van der Waals surface area contributed by atoms with Crippen molar-refractivity contribution in [3.63, 3.8) is 0 Å². The fourth-order valence-corrected chi connectivity index (χ4v) is 2.18. The van der Waals surface area contributed by atoms with Crippen LogP contribution in [0.2, 0.25) is 0 Å². The molecule has 0 spiro atoms. The zero-order valence-electron chi connectivity index (χ0n) is 13.1. The minimum atomic E-state index is -1.23. The largest absolute Gasteiger partial charge is 0.494 e. The number of carboxylic acid groups (broad SMARTS) is 1. The number of carbonyl (C=O) groups is 2. The quantitative estimate of drug-likeness (QED) is 0.609. The Morgan fingerprint density at radius 1 is 1.25 bits per heavy atom. The van der Waals surface area contributed by atoms with E-state index in [0.717, 1.165) is 0 Å². The smallest absolute Gasteiger partial charge is 0.343 e. The second-order valence-corrected chi connectivity index (χ2v) is 4.87. The van der Waals surface area contributed by atoms with Gasteiger partial charge in [0.25, 0.3) is 0 Å². The van der Waals surface area contributed by atoms with Crippen molar-refractivity contribution < 1.29 is 39.1 Å². The Labute approximate surface area is 136 Å². The lowest BCUT2D eigenvalue weighted by Gasteiger charge is -2.11. The molecule has 130 valence electrons. The Balaban J connectivity index is 2.46. The van der Waals surface area contributed by atoms with Gasteiger partial charge in [0.05, 0.1) is 38.1 Å². The van der Waals surface area contributed by atoms with Crippen molar-refractivity contribution in [3.05, 3.63) is 29.6 Å². The molecule has 2 aromatic heterocycles. The number of nitrogens with zero attached hydrogens (tertiary/aromatic N) is 1. The highest BCUT2D eigenvalue weighted by atomic mass is 16.5. The summed E-state index contributed by atoms with van der Waals surface area (Å²) in [4.78, 5) is 23.4. The molecule has 0 saturated heterocycles. The first-order valence-electron chi connectivity index (χ1n) is 6.89. The van der Waals surface area contributed by atoms with Gasteiger partial charge in [-0.05, 0) is 6.07 Å². The van der Waals surface area contributed by atoms with E-state index in [-0.39, 0.29) is 29.2 Å². The van der Waals surface area contributed by atoms with Crippen molar-refractivity contribution >= 4 is 17.5 Å². The minimum absolute atomic E-state index is 0.0382. The highest BCUT2D eigenvalue weighted by Gasteiger charge is 2.23. The molecule has 0 aliphatic rings. The van der Waals surface area contributed by atoms with E-state index < -0.39 is 24.6 Å². The van der Waals surface area contributed by atoms with Crippen LogP contribution in [0.15, 0.2) is 18.5 Å². The average molecular weight is 339 g/mol. The van der Waals surface area contributed by atoms with Gasteiger partial charge in [-0.15, -0.1) is 0 Å². The number of fused-ring (bicyclic) bond motifs is 1. The molecule has 0 saturated carbocycles. The molecule has 0 aliphatic carbocycles. The topological polar surface area (TPSA) is 127 Å². The fraction of sp³-hybridized carbons (Fsp3) is 0.333. The van der Waals surface area contributed by atoms with Crippen LogP contribution < -0.4 is 9.47 Å². The van der Waals surface area contributed by atoms with Gasteiger partial charge >= 0.3 is 11.9 Å². The fourth-order valence-electron chi connectivity index (χ4n) is 2.18. The number of aliphatic hydroxyl groups is 2. The van der Waals surface area contributed by atoms with Gasteiger partial charge in [-0.3, -0.25) is 0 Å². The molecule has 2 aromatic rings. The van der Waals surface area contributed by atoms with Crippen molar-refractivity contribution in [1.82, 2.24) is 4.40 Å². The van der Waals surface area contributed by atoms with Gasteiger partial charge in [0.15, 0.2) is 11.5 Å². The maximum atomic E-state index is 12.0. The molecule has 0 bridgehead atoms. The Kier molecular flexibility index (Phi) is 5.27. The summed E-state index contributed by atoms with van der Waals surface area (Å²) in [5.41, 5.74) is 0.301. The highest BCUT2D eigenvalue weighted by molar-refractivity contribution is 5.99. The van der Waals surface area contributed by atoms with Crippen LogP contribution in [-0.2, 0) is 4.74 Å². The average Bonchev–Trinajstić information content (AvgIpc) is 3.00. The van der Waals surface area contributed by atoms with Crippen LogP contribution >= 0.6 is 0 Å². The number of aromatic nitrogens is 1. The first kappa shape index (κ1) is 17.6. The van der Waals surface area contributed by atoms with Crippen LogP contribution in [0.25, 0.3) is 5.52 Å². The molecule has 9 nitrogen and oxygen atoms in total. The van der Waals surface area contributed by atoms with E-state index in [2.05, 4.69) is 0 Å². The molecule has 2 heterocycles. The zero-order valence-corrected chi connectivity index (χ0v) is 13.1. The molecule has 3 N–H and O–H groups in total. The molecule has 0 aromatic carbocycles. The zero-order chi connectivity index (χ0) is 17.9. The van der Waals surface area contributed by atoms with Crippen LogP contribution in [0, 0.1) is 0 Å². The first-order valence-corrected chi connectivity index (χ1v) is 6.89. The summed E-state index contributed by atoms with van der Waals surface area (Å²) in [5.74, 6) is -1.86. The molecular formula is C15H17NO8. The number of methoxy groups -OCH3 is 2. The van der Waals surface area contributed by atoms with Gasteiger partial charge in [0.2, 0.25) is 0 Å². The van der Waals surface area contributed by atoms with Gasteiger partial charge in [-0.2, -0.15) is 0 Å². The van der Waals surface area contributed by atoms with Gasteiger partial charge in [0, 0.05) is 6.20 Å². The summed E-state index contributed by atoms with van der Waals surface area (Å²) < 4.78 is 16.6. The van der Waals surface area contributed by atoms with E-state index in [1.165, 1.54) is 37.1 Å². The molecule has 0 fully saturated rings. The third-order valence-corrected chi connectivity index (χ3v) is 3.30. The predicted octanol–water partition coefficient (Wildman–Crippen LogP) is 0.165. The number of rotatable bonds is 7. The number of ether oxygens (including phenoxy) is 3. The lowest BCUT2D eigenvalue weighted by Crippen LogP contribution is -2.21. The molecular weight excluding hydrogens is 322 g/mol. The Morgan fingerprint density at radius 3 is 2.50 bits per heavy atom. The van der Waals surface area contributed by atoms with E-state index >= 15 is 0 Å². The number of hydrogen-bond acceptors (Lipinski definition) is 7. The van der Waals surface area contributed by atoms with Crippen molar-refractivity contribution in [3.8, 4) is 11.5 Å². The number of esters is 1. The standard InChI is InChI=1S/C15H17NO8/c1-22-11-5-16-4-8(15(21)24-7-9(18)6-17)3-10(16)13(23-2)12(11)14(19)20/h3-5,9,17-18H,6-7H2,1-2H3,(H,19,20). The number of hydrogen-bond donors (Lipinski definition) is 3. The molecule has 24 heavy (non-hydrogen) atoms. The second kappa shape index (κ2) is 7.20. The van der Waals surface area contributed by atoms with Crippen molar-refractivity contribution in [2.24, 2.45) is 0 Å². The molecule has 2 rings (SSSR count). The summed E-state index contributed by atoms with van der Waals surface area (Å²) in [5, 5.41) is 27.3. The van der Waals surface area contributed by atoms with Gasteiger partial charge in [-0.1, -0.05) is 0 Å². The maximum Gasteiger partial charge on any atom is 0.343 e. The van der Waals surface area contributed by atoms with Crippen LogP contribution in [0.1, 0.15) is 20.7 Å². The normalized spacial score (nSPS) is 12.0. The molecule has 1 atom stereocenters. The monoisotopic (exact) mass is 339 g/mol. The summed E-state index contributed by atoms with van der Waals surface area (Å²) in [6, 6.07) is 1.40. The summed E-state index contributed by atoms with van der Waals surface area (Å²) in [6.07, 6.45) is 1.65. The van der Waals surface area contributed by atoms with Gasteiger partial charge in [0.1, 0.15) is 18.3 Å². The van der Waals surface area contributed by atoms with E-state index in [1.54, 1.807) is 0 Å². The molecule has 0 radical (unpaired) electrons. The number of carbonyl (C=O) groups excluding carboxylic acids is 1. The third-order valence-electron chi connectivity index (χ3n) is 3.30. The van der Waals surface area contributed by atoms with Gasteiger partial charge in [-0.25, -0.2) is 9.59 Å². The molecule has 9 heteroatoms. The Morgan fingerprint density at radius 2 is 1.96 bits per heavy atom. The molecule has 0 amide bonds. The predicted molar refractivity (Wildman–Crippen MR) is 80.8 cm³/mol. The van der Waals surface area contributed by atoms with Crippen molar-refractivity contribution in [1.29, 1.82) is 0 Å².